The van der Waals surface area contributed by atoms with Gasteiger partial charge in [0.25, 0.3) is 0 Å². The Morgan fingerprint density at radius 2 is 2.36 bits per heavy atom. The molecule has 2 N–H and O–H groups in total. The van der Waals surface area contributed by atoms with Crippen molar-refractivity contribution in [1.29, 1.82) is 0 Å². The molecule has 1 rings (SSSR count). The standard InChI is InChI=1S/C10H15FN2O/c1-2-8(14)6-7-12-10-5-3-4-9(11)13-10/h3-5,8,14H,2,6-7H2,1H3,(H,12,13). The molecule has 0 saturated carbocycles. The zero-order valence-electron chi connectivity index (χ0n) is 8.20. The Hall–Kier alpha value is -1.16. The highest BCUT2D eigenvalue weighted by Gasteiger charge is 2.00. The number of nitrogens with one attached hydrogen (secondary N) is 1. The smallest absolute Gasteiger partial charge is 0.214 e. The van der Waals surface area contributed by atoms with Crippen molar-refractivity contribution in [2.75, 3.05) is 11.9 Å². The molecule has 1 aromatic rings. The van der Waals surface area contributed by atoms with E-state index in [2.05, 4.69) is 10.3 Å². The molecule has 0 aliphatic rings. The molecule has 1 heterocycles. The van der Waals surface area contributed by atoms with E-state index in [-0.39, 0.29) is 6.10 Å². The topological polar surface area (TPSA) is 45.1 Å². The molecule has 0 bridgehead atoms. The Morgan fingerprint density at radius 1 is 1.57 bits per heavy atom. The molecule has 0 aliphatic heterocycles. The van der Waals surface area contributed by atoms with Gasteiger partial charge in [0.15, 0.2) is 0 Å². The van der Waals surface area contributed by atoms with Gasteiger partial charge in [-0.15, -0.1) is 0 Å². The summed E-state index contributed by atoms with van der Waals surface area (Å²) in [7, 11) is 0. The lowest BCUT2D eigenvalue weighted by Crippen LogP contribution is -2.12. The van der Waals surface area contributed by atoms with Crippen LogP contribution >= 0.6 is 0 Å². The van der Waals surface area contributed by atoms with E-state index in [1.165, 1.54) is 6.07 Å². The van der Waals surface area contributed by atoms with Crippen molar-refractivity contribution < 1.29 is 9.50 Å². The second kappa shape index (κ2) is 5.54. The van der Waals surface area contributed by atoms with Gasteiger partial charge in [0.2, 0.25) is 5.95 Å². The number of pyridine rings is 1. The van der Waals surface area contributed by atoms with Crippen molar-refractivity contribution in [3.05, 3.63) is 24.1 Å². The molecular formula is C10H15FN2O. The fraction of sp³-hybridized carbons (Fsp3) is 0.500. The van der Waals surface area contributed by atoms with Crippen molar-refractivity contribution in [3.8, 4) is 0 Å². The quantitative estimate of drug-likeness (QED) is 0.709. The van der Waals surface area contributed by atoms with Crippen LogP contribution in [0.4, 0.5) is 10.2 Å². The van der Waals surface area contributed by atoms with Crippen LogP contribution in [0.1, 0.15) is 19.8 Å². The summed E-state index contributed by atoms with van der Waals surface area (Å²) < 4.78 is 12.6. The minimum atomic E-state index is -0.494. The lowest BCUT2D eigenvalue weighted by molar-refractivity contribution is 0.164. The van der Waals surface area contributed by atoms with Crippen LogP contribution < -0.4 is 5.32 Å². The number of hydrogen-bond acceptors (Lipinski definition) is 3. The SMILES string of the molecule is CCC(O)CCNc1cccc(F)n1. The first-order chi connectivity index (χ1) is 6.72. The van der Waals surface area contributed by atoms with E-state index >= 15 is 0 Å². The highest BCUT2D eigenvalue weighted by Crippen LogP contribution is 2.04. The Morgan fingerprint density at radius 3 is 3.00 bits per heavy atom. The van der Waals surface area contributed by atoms with Crippen LogP contribution in [0.15, 0.2) is 18.2 Å². The Kier molecular flexibility index (Phi) is 4.32. The van der Waals surface area contributed by atoms with Gasteiger partial charge in [0.05, 0.1) is 6.10 Å². The molecule has 0 saturated heterocycles. The van der Waals surface area contributed by atoms with Crippen LogP contribution in [0.2, 0.25) is 0 Å². The number of hydrogen-bond donors (Lipinski definition) is 2. The fourth-order valence-electron chi connectivity index (χ4n) is 1.08. The third kappa shape index (κ3) is 3.70. The lowest BCUT2D eigenvalue weighted by Gasteiger charge is -2.08. The molecule has 14 heavy (non-hydrogen) atoms. The van der Waals surface area contributed by atoms with Gasteiger partial charge < -0.3 is 10.4 Å². The third-order valence-corrected chi connectivity index (χ3v) is 1.97. The van der Waals surface area contributed by atoms with Crippen LogP contribution in [-0.2, 0) is 0 Å². The van der Waals surface area contributed by atoms with Crippen LogP contribution in [0.3, 0.4) is 0 Å². The molecule has 0 amide bonds. The van der Waals surface area contributed by atoms with Crippen molar-refractivity contribution in [2.24, 2.45) is 0 Å². The highest BCUT2D eigenvalue weighted by atomic mass is 19.1. The zero-order chi connectivity index (χ0) is 10.4. The number of aromatic nitrogens is 1. The molecule has 1 aromatic heterocycles. The summed E-state index contributed by atoms with van der Waals surface area (Å²) >= 11 is 0. The third-order valence-electron chi connectivity index (χ3n) is 1.97. The number of halogens is 1. The minimum Gasteiger partial charge on any atom is -0.393 e. The van der Waals surface area contributed by atoms with Gasteiger partial charge in [-0.3, -0.25) is 0 Å². The lowest BCUT2D eigenvalue weighted by atomic mass is 10.2. The molecule has 78 valence electrons. The largest absolute Gasteiger partial charge is 0.393 e. The van der Waals surface area contributed by atoms with Gasteiger partial charge >= 0.3 is 0 Å². The molecule has 3 nitrogen and oxygen atoms in total. The number of rotatable bonds is 5. The van der Waals surface area contributed by atoms with Crippen LogP contribution in [-0.4, -0.2) is 22.7 Å². The normalized spacial score (nSPS) is 12.5. The molecule has 1 atom stereocenters. The van der Waals surface area contributed by atoms with E-state index in [9.17, 15) is 9.50 Å². The zero-order valence-corrected chi connectivity index (χ0v) is 8.20. The van der Waals surface area contributed by atoms with Gasteiger partial charge in [-0.2, -0.15) is 4.39 Å². The number of nitrogens with zero attached hydrogens (tertiary/aromatic N) is 1. The van der Waals surface area contributed by atoms with Gasteiger partial charge in [-0.05, 0) is 25.0 Å². The van der Waals surface area contributed by atoms with Crippen molar-refractivity contribution in [3.63, 3.8) is 0 Å². The number of aliphatic hydroxyl groups is 1. The number of anilines is 1. The van der Waals surface area contributed by atoms with Gasteiger partial charge in [-0.25, -0.2) is 4.98 Å². The average molecular weight is 198 g/mol. The summed E-state index contributed by atoms with van der Waals surface area (Å²) in [5.74, 6) is 0.0133. The monoisotopic (exact) mass is 198 g/mol. The van der Waals surface area contributed by atoms with E-state index in [1.807, 2.05) is 6.92 Å². The second-order valence-corrected chi connectivity index (χ2v) is 3.12. The Labute approximate surface area is 83.0 Å². The van der Waals surface area contributed by atoms with Crippen molar-refractivity contribution in [2.45, 2.75) is 25.9 Å². The summed E-state index contributed by atoms with van der Waals surface area (Å²) in [5, 5.41) is 12.2. The van der Waals surface area contributed by atoms with Crippen molar-refractivity contribution in [1.82, 2.24) is 4.98 Å². The maximum atomic E-state index is 12.6. The van der Waals surface area contributed by atoms with Crippen molar-refractivity contribution >= 4 is 5.82 Å². The fourth-order valence-corrected chi connectivity index (χ4v) is 1.08. The van der Waals surface area contributed by atoms with E-state index in [4.69, 9.17) is 0 Å². The van der Waals surface area contributed by atoms with Crippen LogP contribution in [0.25, 0.3) is 0 Å². The molecular weight excluding hydrogens is 183 g/mol. The molecule has 1 unspecified atom stereocenters. The first-order valence-corrected chi connectivity index (χ1v) is 4.77. The van der Waals surface area contributed by atoms with Gasteiger partial charge in [0, 0.05) is 6.54 Å². The first kappa shape index (κ1) is 10.9. The average Bonchev–Trinajstić information content (AvgIpc) is 2.17. The predicted molar refractivity (Wildman–Crippen MR) is 53.6 cm³/mol. The Bertz CT molecular complexity index is 281. The van der Waals surface area contributed by atoms with E-state index < -0.39 is 5.95 Å². The summed E-state index contributed by atoms with van der Waals surface area (Å²) in [6, 6.07) is 4.59. The van der Waals surface area contributed by atoms with Crippen LogP contribution in [0.5, 0.6) is 0 Å². The summed E-state index contributed by atoms with van der Waals surface area (Å²) in [5.41, 5.74) is 0. The molecule has 0 aliphatic carbocycles. The summed E-state index contributed by atoms with van der Waals surface area (Å²) in [6.07, 6.45) is 1.09. The minimum absolute atomic E-state index is 0.295. The van der Waals surface area contributed by atoms with E-state index in [1.54, 1.807) is 12.1 Å². The highest BCUT2D eigenvalue weighted by molar-refractivity contribution is 5.33. The molecule has 4 heteroatoms. The van der Waals surface area contributed by atoms with Gasteiger partial charge in [0.1, 0.15) is 5.82 Å². The molecule has 0 spiro atoms. The number of aliphatic hydroxyl groups excluding tert-OH is 1. The second-order valence-electron chi connectivity index (χ2n) is 3.12. The molecule has 0 radical (unpaired) electrons. The molecule has 0 aromatic carbocycles. The maximum Gasteiger partial charge on any atom is 0.214 e. The molecule has 0 fully saturated rings. The Balaban J connectivity index is 2.31. The predicted octanol–water partition coefficient (Wildman–Crippen LogP) is 1.79. The maximum absolute atomic E-state index is 12.6. The van der Waals surface area contributed by atoms with E-state index in [0.29, 0.717) is 18.8 Å². The summed E-state index contributed by atoms with van der Waals surface area (Å²) in [4.78, 5) is 3.64. The van der Waals surface area contributed by atoms with Crippen LogP contribution in [0, 0.1) is 5.95 Å². The van der Waals surface area contributed by atoms with E-state index in [0.717, 1.165) is 6.42 Å². The first-order valence-electron chi connectivity index (χ1n) is 4.77. The summed E-state index contributed by atoms with van der Waals surface area (Å²) in [6.45, 7) is 2.52. The van der Waals surface area contributed by atoms with Gasteiger partial charge in [-0.1, -0.05) is 13.0 Å².